The fraction of sp³-hybridized carbons (Fsp3) is 0.533. The summed E-state index contributed by atoms with van der Waals surface area (Å²) in [5.74, 6) is -0.137. The maximum atomic E-state index is 12.7. The van der Waals surface area contributed by atoms with Crippen molar-refractivity contribution in [3.05, 3.63) is 33.3 Å². The van der Waals surface area contributed by atoms with Crippen LogP contribution in [0.2, 0.25) is 10.0 Å². The van der Waals surface area contributed by atoms with E-state index in [2.05, 4.69) is 4.90 Å². The monoisotopic (exact) mass is 330 g/mol. The maximum Gasteiger partial charge on any atom is 0.254 e. The smallest absolute Gasteiger partial charge is 0.254 e. The van der Waals surface area contributed by atoms with Gasteiger partial charge in [0.05, 0.1) is 12.6 Å². The van der Waals surface area contributed by atoms with Crippen molar-refractivity contribution in [3.8, 4) is 0 Å². The highest BCUT2D eigenvalue weighted by molar-refractivity contribution is 6.36. The van der Waals surface area contributed by atoms with E-state index in [1.165, 1.54) is 0 Å². The Balaban J connectivity index is 2.27. The molecule has 0 saturated carbocycles. The summed E-state index contributed by atoms with van der Waals surface area (Å²) in [6.07, 6.45) is 0.766. The molecule has 0 aromatic heterocycles. The Kier molecular flexibility index (Phi) is 5.15. The first-order chi connectivity index (χ1) is 9.85. The maximum absolute atomic E-state index is 12.7. The Morgan fingerprint density at radius 1 is 1.38 bits per heavy atom. The second-order valence-corrected chi connectivity index (χ2v) is 6.53. The van der Waals surface area contributed by atoms with Gasteiger partial charge in [-0.1, -0.05) is 23.2 Å². The number of carbonyl (C=O) groups excluding carboxylic acids is 1. The molecule has 116 valence electrons. The van der Waals surface area contributed by atoms with Crippen LogP contribution in [0.15, 0.2) is 12.1 Å². The summed E-state index contributed by atoms with van der Waals surface area (Å²) in [5, 5.41) is 10.5. The molecule has 2 rings (SSSR count). The molecule has 1 heterocycles. The zero-order valence-corrected chi connectivity index (χ0v) is 13.9. The lowest BCUT2D eigenvalue weighted by atomic mass is 10.1. The van der Waals surface area contributed by atoms with E-state index >= 15 is 0 Å². The van der Waals surface area contributed by atoms with Gasteiger partial charge in [-0.25, -0.2) is 0 Å². The van der Waals surface area contributed by atoms with Gasteiger partial charge in [0.15, 0.2) is 0 Å². The molecule has 0 unspecified atom stereocenters. The molecule has 0 radical (unpaired) electrons. The summed E-state index contributed by atoms with van der Waals surface area (Å²) in [5.41, 5.74) is 1.23. The van der Waals surface area contributed by atoms with E-state index in [1.54, 1.807) is 17.0 Å². The fourth-order valence-corrected chi connectivity index (χ4v) is 3.11. The largest absolute Gasteiger partial charge is 0.394 e. The zero-order chi connectivity index (χ0) is 15.7. The summed E-state index contributed by atoms with van der Waals surface area (Å²) < 4.78 is 0. The molecule has 1 fully saturated rings. The average Bonchev–Trinajstić information content (AvgIpc) is 2.87. The van der Waals surface area contributed by atoms with Crippen molar-refractivity contribution < 1.29 is 9.90 Å². The Hall–Kier alpha value is -0.810. The van der Waals surface area contributed by atoms with E-state index in [9.17, 15) is 9.90 Å². The molecule has 21 heavy (non-hydrogen) atoms. The van der Waals surface area contributed by atoms with Crippen LogP contribution in [0.25, 0.3) is 0 Å². The number of likely N-dealkylation sites (N-methyl/N-ethyl adjacent to an activating group) is 1. The topological polar surface area (TPSA) is 43.8 Å². The Morgan fingerprint density at radius 3 is 2.43 bits per heavy atom. The van der Waals surface area contributed by atoms with Crippen molar-refractivity contribution in [2.24, 2.45) is 0 Å². The van der Waals surface area contributed by atoms with Crippen LogP contribution < -0.4 is 0 Å². The van der Waals surface area contributed by atoms with Gasteiger partial charge in [-0.05, 0) is 45.1 Å². The number of nitrogens with zero attached hydrogens (tertiary/aromatic N) is 2. The van der Waals surface area contributed by atoms with Crippen LogP contribution in [-0.2, 0) is 0 Å². The van der Waals surface area contributed by atoms with Crippen molar-refractivity contribution in [3.63, 3.8) is 0 Å². The third-order valence-corrected chi connectivity index (χ3v) is 4.91. The average molecular weight is 331 g/mol. The summed E-state index contributed by atoms with van der Waals surface area (Å²) in [4.78, 5) is 16.5. The molecule has 1 aromatic rings. The van der Waals surface area contributed by atoms with Crippen LogP contribution in [0.4, 0.5) is 0 Å². The third kappa shape index (κ3) is 3.34. The molecule has 1 amide bonds. The predicted molar refractivity (Wildman–Crippen MR) is 85.2 cm³/mol. The van der Waals surface area contributed by atoms with Crippen molar-refractivity contribution in [2.75, 3.05) is 27.2 Å². The molecule has 1 aromatic carbocycles. The molecular weight excluding hydrogens is 311 g/mol. The van der Waals surface area contributed by atoms with E-state index in [1.807, 2.05) is 21.0 Å². The van der Waals surface area contributed by atoms with Crippen molar-refractivity contribution in [2.45, 2.75) is 25.4 Å². The van der Waals surface area contributed by atoms with Crippen LogP contribution in [0.1, 0.15) is 22.3 Å². The lowest BCUT2D eigenvalue weighted by molar-refractivity contribution is 0.0673. The van der Waals surface area contributed by atoms with Crippen molar-refractivity contribution >= 4 is 29.1 Å². The second-order valence-electron chi connectivity index (χ2n) is 5.71. The van der Waals surface area contributed by atoms with Crippen LogP contribution in [0.3, 0.4) is 0 Å². The quantitative estimate of drug-likeness (QED) is 0.925. The highest BCUT2D eigenvalue weighted by atomic mass is 35.5. The summed E-state index contributed by atoms with van der Waals surface area (Å²) in [6.45, 7) is 2.37. The van der Waals surface area contributed by atoms with Crippen LogP contribution >= 0.6 is 23.2 Å². The first kappa shape index (κ1) is 16.6. The number of halogens is 2. The minimum atomic E-state index is -0.163. The Bertz CT molecular complexity index is 525. The molecule has 1 saturated heterocycles. The number of aliphatic hydroxyl groups is 1. The summed E-state index contributed by atoms with van der Waals surface area (Å²) in [7, 11) is 3.96. The van der Waals surface area contributed by atoms with E-state index in [0.717, 1.165) is 12.0 Å². The number of rotatable bonds is 3. The third-order valence-electron chi connectivity index (χ3n) is 4.12. The minimum absolute atomic E-state index is 0.0383. The van der Waals surface area contributed by atoms with E-state index in [-0.39, 0.29) is 24.6 Å². The van der Waals surface area contributed by atoms with Gasteiger partial charge in [0.1, 0.15) is 0 Å². The highest BCUT2D eigenvalue weighted by Crippen LogP contribution is 2.28. The Labute approximate surface area is 135 Å². The van der Waals surface area contributed by atoms with Gasteiger partial charge in [-0.15, -0.1) is 0 Å². The van der Waals surface area contributed by atoms with Crippen LogP contribution in [0, 0.1) is 6.92 Å². The first-order valence-electron chi connectivity index (χ1n) is 6.89. The molecule has 1 N–H and O–H groups in total. The molecule has 1 aliphatic rings. The summed E-state index contributed by atoms with van der Waals surface area (Å²) >= 11 is 12.2. The standard InChI is InChI=1S/C15H20Cl2N2O2/c1-9-13(16)4-10(5-14(9)17)15(21)19-7-11(18(2)3)6-12(19)8-20/h4-5,11-12,20H,6-8H2,1-3H3/t11-,12+/m1/s1. The molecule has 0 spiro atoms. The zero-order valence-electron chi connectivity index (χ0n) is 12.4. The van der Waals surface area contributed by atoms with E-state index in [0.29, 0.717) is 22.2 Å². The number of amides is 1. The number of likely N-dealkylation sites (tertiary alicyclic amines) is 1. The molecule has 1 aliphatic heterocycles. The van der Waals surface area contributed by atoms with Crippen LogP contribution in [0.5, 0.6) is 0 Å². The normalized spacial score (nSPS) is 22.1. The second kappa shape index (κ2) is 6.53. The molecule has 2 atom stereocenters. The van der Waals surface area contributed by atoms with Crippen LogP contribution in [-0.4, -0.2) is 60.1 Å². The molecule has 0 bridgehead atoms. The van der Waals surface area contributed by atoms with Gasteiger partial charge in [0.2, 0.25) is 0 Å². The molecule has 4 nitrogen and oxygen atoms in total. The van der Waals surface area contributed by atoms with E-state index in [4.69, 9.17) is 23.2 Å². The van der Waals surface area contributed by atoms with Gasteiger partial charge in [-0.2, -0.15) is 0 Å². The first-order valence-corrected chi connectivity index (χ1v) is 7.64. The molecule has 0 aliphatic carbocycles. The number of hydrogen-bond donors (Lipinski definition) is 1. The molecule has 6 heteroatoms. The number of carbonyl (C=O) groups is 1. The number of hydrogen-bond acceptors (Lipinski definition) is 3. The van der Waals surface area contributed by atoms with Gasteiger partial charge in [0.25, 0.3) is 5.91 Å². The van der Waals surface area contributed by atoms with E-state index < -0.39 is 0 Å². The Morgan fingerprint density at radius 2 is 1.95 bits per heavy atom. The van der Waals surface area contributed by atoms with Gasteiger partial charge in [-0.3, -0.25) is 4.79 Å². The predicted octanol–water partition coefficient (Wildman–Crippen LogP) is 2.44. The van der Waals surface area contributed by atoms with Crippen molar-refractivity contribution in [1.82, 2.24) is 9.80 Å². The summed E-state index contributed by atoms with van der Waals surface area (Å²) in [6, 6.07) is 3.37. The van der Waals surface area contributed by atoms with Gasteiger partial charge >= 0.3 is 0 Å². The van der Waals surface area contributed by atoms with Gasteiger partial charge < -0.3 is 14.9 Å². The van der Waals surface area contributed by atoms with Crippen molar-refractivity contribution in [1.29, 1.82) is 0 Å². The highest BCUT2D eigenvalue weighted by Gasteiger charge is 2.36. The number of aliphatic hydroxyl groups excluding tert-OH is 1. The van der Waals surface area contributed by atoms with Gasteiger partial charge in [0, 0.05) is 28.2 Å². The fourth-order valence-electron chi connectivity index (χ4n) is 2.62. The lowest BCUT2D eigenvalue weighted by Gasteiger charge is -2.24. The SMILES string of the molecule is Cc1c(Cl)cc(C(=O)N2C[C@H](N(C)C)C[C@H]2CO)cc1Cl. The molecular formula is C15H20Cl2N2O2. The minimum Gasteiger partial charge on any atom is -0.394 e. The lowest BCUT2D eigenvalue weighted by Crippen LogP contribution is -2.38. The number of benzene rings is 1.